The summed E-state index contributed by atoms with van der Waals surface area (Å²) in [5.41, 5.74) is 8.02. The summed E-state index contributed by atoms with van der Waals surface area (Å²) in [5.74, 6) is 0.588. The molecule has 0 unspecified atom stereocenters. The number of carbonyl (C=O) groups is 1. The maximum atomic E-state index is 12.1. The number of nitrogens with one attached hydrogen (secondary N) is 1. The van der Waals surface area contributed by atoms with E-state index in [1.165, 1.54) is 0 Å². The lowest BCUT2D eigenvalue weighted by molar-refractivity contribution is 0.0938. The Morgan fingerprint density at radius 2 is 2.11 bits per heavy atom. The van der Waals surface area contributed by atoms with Crippen LogP contribution in [0.2, 0.25) is 0 Å². The van der Waals surface area contributed by atoms with Crippen molar-refractivity contribution in [2.75, 3.05) is 32.4 Å². The molecule has 0 bridgehead atoms. The minimum atomic E-state index is -0.0104. The first-order chi connectivity index (χ1) is 9.06. The molecule has 0 radical (unpaired) electrons. The molecule has 0 aliphatic carbocycles. The van der Waals surface area contributed by atoms with Crippen LogP contribution in [0.15, 0.2) is 18.2 Å². The molecule has 1 aliphatic heterocycles. The molecule has 3 N–H and O–H groups in total. The second-order valence-corrected chi connectivity index (χ2v) is 5.53. The van der Waals surface area contributed by atoms with Gasteiger partial charge in [0, 0.05) is 17.8 Å². The average Bonchev–Trinajstić information content (AvgIpc) is 2.40. The molecular weight excluding hydrogens is 238 g/mol. The van der Waals surface area contributed by atoms with Crippen molar-refractivity contribution in [3.63, 3.8) is 0 Å². The largest absolute Gasteiger partial charge is 0.399 e. The van der Waals surface area contributed by atoms with E-state index in [2.05, 4.69) is 17.3 Å². The van der Waals surface area contributed by atoms with Gasteiger partial charge in [-0.05, 0) is 63.5 Å². The Morgan fingerprint density at radius 1 is 1.42 bits per heavy atom. The van der Waals surface area contributed by atoms with Gasteiger partial charge >= 0.3 is 0 Å². The lowest BCUT2D eigenvalue weighted by Crippen LogP contribution is -2.37. The predicted molar refractivity (Wildman–Crippen MR) is 78.1 cm³/mol. The van der Waals surface area contributed by atoms with Gasteiger partial charge in [-0.15, -0.1) is 0 Å². The molecule has 1 aromatic carbocycles. The van der Waals surface area contributed by atoms with Crippen molar-refractivity contribution >= 4 is 11.6 Å². The molecule has 0 saturated carbocycles. The highest BCUT2D eigenvalue weighted by atomic mass is 16.1. The first-order valence-electron chi connectivity index (χ1n) is 6.89. The second kappa shape index (κ2) is 6.06. The number of carbonyl (C=O) groups excluding carboxylic acids is 1. The summed E-state index contributed by atoms with van der Waals surface area (Å²) >= 11 is 0. The third-order valence-corrected chi connectivity index (χ3v) is 3.90. The SMILES string of the molecule is Cc1ccc(N)cc1C(=O)NCC1CCN(C)CC1. The standard InChI is InChI=1S/C15H23N3O/c1-11-3-4-13(16)9-14(11)15(19)17-10-12-5-7-18(2)8-6-12/h3-4,9,12H,5-8,10,16H2,1-2H3,(H,17,19). The number of nitrogens with two attached hydrogens (primary N) is 1. The number of nitrogens with zero attached hydrogens (tertiary/aromatic N) is 1. The van der Waals surface area contributed by atoms with Gasteiger partial charge in [0.15, 0.2) is 0 Å². The molecule has 2 rings (SSSR count). The monoisotopic (exact) mass is 261 g/mol. The summed E-state index contributed by atoms with van der Waals surface area (Å²) in [5, 5.41) is 3.04. The Kier molecular flexibility index (Phi) is 4.43. The molecule has 1 heterocycles. The van der Waals surface area contributed by atoms with E-state index in [9.17, 15) is 4.79 Å². The number of hydrogen-bond acceptors (Lipinski definition) is 3. The minimum Gasteiger partial charge on any atom is -0.399 e. The van der Waals surface area contributed by atoms with Crippen LogP contribution in [0.3, 0.4) is 0 Å². The van der Waals surface area contributed by atoms with Crippen LogP contribution in [0.1, 0.15) is 28.8 Å². The number of hydrogen-bond donors (Lipinski definition) is 2. The maximum absolute atomic E-state index is 12.1. The van der Waals surface area contributed by atoms with Crippen molar-refractivity contribution in [2.45, 2.75) is 19.8 Å². The number of anilines is 1. The fraction of sp³-hybridized carbons (Fsp3) is 0.533. The lowest BCUT2D eigenvalue weighted by Gasteiger charge is -2.29. The Balaban J connectivity index is 1.89. The number of rotatable bonds is 3. The van der Waals surface area contributed by atoms with E-state index in [0.717, 1.165) is 38.0 Å². The summed E-state index contributed by atoms with van der Waals surface area (Å²) in [7, 11) is 2.14. The van der Waals surface area contributed by atoms with Gasteiger partial charge in [0.05, 0.1) is 0 Å². The fourth-order valence-electron chi connectivity index (χ4n) is 2.48. The number of amides is 1. The number of aryl methyl sites for hydroxylation is 1. The molecule has 0 spiro atoms. The molecule has 1 fully saturated rings. The van der Waals surface area contributed by atoms with E-state index in [4.69, 9.17) is 5.73 Å². The normalized spacial score (nSPS) is 17.4. The third kappa shape index (κ3) is 3.70. The average molecular weight is 261 g/mol. The van der Waals surface area contributed by atoms with Gasteiger partial charge in [0.25, 0.3) is 5.91 Å². The molecule has 104 valence electrons. The molecule has 1 aromatic rings. The molecule has 1 amide bonds. The summed E-state index contributed by atoms with van der Waals surface area (Å²) in [6, 6.07) is 5.46. The van der Waals surface area contributed by atoms with Gasteiger partial charge in [-0.3, -0.25) is 4.79 Å². The Bertz CT molecular complexity index is 451. The zero-order valence-corrected chi connectivity index (χ0v) is 11.8. The first-order valence-corrected chi connectivity index (χ1v) is 6.89. The van der Waals surface area contributed by atoms with Crippen molar-refractivity contribution in [2.24, 2.45) is 5.92 Å². The molecule has 1 saturated heterocycles. The predicted octanol–water partition coefficient (Wildman–Crippen LogP) is 1.65. The van der Waals surface area contributed by atoms with Crippen LogP contribution >= 0.6 is 0 Å². The number of nitrogen functional groups attached to an aromatic ring is 1. The molecule has 4 nitrogen and oxygen atoms in total. The van der Waals surface area contributed by atoms with Gasteiger partial charge in [0.1, 0.15) is 0 Å². The summed E-state index contributed by atoms with van der Waals surface area (Å²) in [6.45, 7) is 4.94. The van der Waals surface area contributed by atoms with Crippen molar-refractivity contribution in [3.8, 4) is 0 Å². The van der Waals surface area contributed by atoms with Crippen LogP contribution in [-0.4, -0.2) is 37.5 Å². The second-order valence-electron chi connectivity index (χ2n) is 5.53. The number of piperidine rings is 1. The first kappa shape index (κ1) is 13.9. The van der Waals surface area contributed by atoms with Gasteiger partial charge in [0.2, 0.25) is 0 Å². The summed E-state index contributed by atoms with van der Waals surface area (Å²) < 4.78 is 0. The lowest BCUT2D eigenvalue weighted by atomic mass is 9.97. The van der Waals surface area contributed by atoms with E-state index >= 15 is 0 Å². The Morgan fingerprint density at radius 3 is 2.79 bits per heavy atom. The van der Waals surface area contributed by atoms with Crippen LogP contribution in [0.4, 0.5) is 5.69 Å². The van der Waals surface area contributed by atoms with Crippen molar-refractivity contribution in [1.29, 1.82) is 0 Å². The van der Waals surface area contributed by atoms with Gasteiger partial charge in [-0.2, -0.15) is 0 Å². The van der Waals surface area contributed by atoms with Crippen LogP contribution in [0, 0.1) is 12.8 Å². The van der Waals surface area contributed by atoms with E-state index in [-0.39, 0.29) is 5.91 Å². The van der Waals surface area contributed by atoms with Crippen molar-refractivity contribution in [1.82, 2.24) is 10.2 Å². The molecule has 0 aromatic heterocycles. The van der Waals surface area contributed by atoms with E-state index < -0.39 is 0 Å². The molecule has 4 heteroatoms. The zero-order valence-electron chi connectivity index (χ0n) is 11.8. The summed E-state index contributed by atoms with van der Waals surface area (Å²) in [6.07, 6.45) is 2.32. The van der Waals surface area contributed by atoms with Gasteiger partial charge < -0.3 is 16.0 Å². The highest BCUT2D eigenvalue weighted by Gasteiger charge is 2.18. The van der Waals surface area contributed by atoms with E-state index in [1.807, 2.05) is 19.1 Å². The minimum absolute atomic E-state index is 0.0104. The quantitative estimate of drug-likeness (QED) is 0.813. The fourth-order valence-corrected chi connectivity index (χ4v) is 2.48. The molecule has 1 aliphatic rings. The highest BCUT2D eigenvalue weighted by Crippen LogP contribution is 2.16. The Hall–Kier alpha value is -1.55. The maximum Gasteiger partial charge on any atom is 0.251 e. The van der Waals surface area contributed by atoms with Crippen molar-refractivity contribution < 1.29 is 4.79 Å². The molecule has 19 heavy (non-hydrogen) atoms. The smallest absolute Gasteiger partial charge is 0.251 e. The highest BCUT2D eigenvalue weighted by molar-refractivity contribution is 5.96. The Labute approximate surface area is 115 Å². The summed E-state index contributed by atoms with van der Waals surface area (Å²) in [4.78, 5) is 14.5. The van der Waals surface area contributed by atoms with Crippen LogP contribution in [0.25, 0.3) is 0 Å². The molecule has 0 atom stereocenters. The van der Waals surface area contributed by atoms with Crippen LogP contribution in [0.5, 0.6) is 0 Å². The van der Waals surface area contributed by atoms with E-state index in [0.29, 0.717) is 17.2 Å². The van der Waals surface area contributed by atoms with Crippen LogP contribution in [-0.2, 0) is 0 Å². The zero-order chi connectivity index (χ0) is 13.8. The van der Waals surface area contributed by atoms with Crippen molar-refractivity contribution in [3.05, 3.63) is 29.3 Å². The third-order valence-electron chi connectivity index (χ3n) is 3.90. The topological polar surface area (TPSA) is 58.4 Å². The van der Waals surface area contributed by atoms with Gasteiger partial charge in [-0.25, -0.2) is 0 Å². The van der Waals surface area contributed by atoms with E-state index in [1.54, 1.807) is 6.07 Å². The number of benzene rings is 1. The number of likely N-dealkylation sites (tertiary alicyclic amines) is 1. The van der Waals surface area contributed by atoms with Gasteiger partial charge in [-0.1, -0.05) is 6.07 Å². The molecular formula is C15H23N3O. The van der Waals surface area contributed by atoms with Crippen LogP contribution < -0.4 is 11.1 Å².